The normalized spacial score (nSPS) is 12.3. The molecule has 0 fully saturated rings. The van der Waals surface area contributed by atoms with Gasteiger partial charge in [-0.25, -0.2) is 9.78 Å². The quantitative estimate of drug-likeness (QED) is 0.156. The fourth-order valence-electron chi connectivity index (χ4n) is 5.48. The largest absolute Gasteiger partial charge is 0.507 e. The molecule has 1 aromatic heterocycles. The maximum Gasteiger partial charge on any atom is 0.326 e. The molecule has 44 heavy (non-hydrogen) atoms. The Bertz CT molecular complexity index is 2010. The van der Waals surface area contributed by atoms with Crippen molar-refractivity contribution in [2.45, 2.75) is 38.6 Å². The summed E-state index contributed by atoms with van der Waals surface area (Å²) in [6.07, 6.45) is 0.140. The van der Waals surface area contributed by atoms with Crippen molar-refractivity contribution in [1.29, 1.82) is 0 Å². The molecule has 0 bridgehead atoms. The van der Waals surface area contributed by atoms with E-state index in [1.807, 2.05) is 54.6 Å². The molecule has 7 heteroatoms. The Morgan fingerprint density at radius 2 is 1.57 bits per heavy atom. The smallest absolute Gasteiger partial charge is 0.326 e. The highest BCUT2D eigenvalue weighted by molar-refractivity contribution is 6.11. The van der Waals surface area contributed by atoms with Crippen molar-refractivity contribution < 1.29 is 19.8 Å². The van der Waals surface area contributed by atoms with E-state index in [2.05, 4.69) is 67.5 Å². The number of fused-ring (bicyclic) bond motifs is 3. The van der Waals surface area contributed by atoms with E-state index in [9.17, 15) is 19.8 Å². The fourth-order valence-corrected chi connectivity index (χ4v) is 5.48. The van der Waals surface area contributed by atoms with E-state index >= 15 is 0 Å². The number of aromatic hydroxyl groups is 1. The zero-order valence-corrected chi connectivity index (χ0v) is 24.8. The number of aliphatic carboxylic acids is 1. The van der Waals surface area contributed by atoms with E-state index in [1.165, 1.54) is 11.6 Å². The Kier molecular flexibility index (Phi) is 7.39. The highest BCUT2D eigenvalue weighted by Gasteiger charge is 2.23. The number of nitrogens with one attached hydrogen (secondary N) is 2. The van der Waals surface area contributed by atoms with Crippen LogP contribution in [0.2, 0.25) is 0 Å². The summed E-state index contributed by atoms with van der Waals surface area (Å²) in [7, 11) is 0. The van der Waals surface area contributed by atoms with Gasteiger partial charge in [-0.3, -0.25) is 4.79 Å². The monoisotopic (exact) mass is 583 g/mol. The average Bonchev–Trinajstić information content (AvgIpc) is 3.45. The summed E-state index contributed by atoms with van der Waals surface area (Å²) in [6, 6.07) is 31.4. The first-order valence-electron chi connectivity index (χ1n) is 14.5. The molecule has 0 saturated heterocycles. The minimum atomic E-state index is -1.14. The van der Waals surface area contributed by atoms with E-state index in [-0.39, 0.29) is 23.1 Å². The summed E-state index contributed by atoms with van der Waals surface area (Å²) in [5.41, 5.74) is 6.71. The second-order valence-corrected chi connectivity index (χ2v) is 12.1. The van der Waals surface area contributed by atoms with E-state index in [0.29, 0.717) is 22.1 Å². The number of carboxylic acids is 1. The van der Waals surface area contributed by atoms with Gasteiger partial charge in [0.05, 0.1) is 10.9 Å². The highest BCUT2D eigenvalue weighted by atomic mass is 16.4. The van der Waals surface area contributed by atoms with Crippen molar-refractivity contribution in [2.24, 2.45) is 0 Å². The van der Waals surface area contributed by atoms with Crippen LogP contribution in [-0.2, 0) is 16.6 Å². The predicted molar refractivity (Wildman–Crippen MR) is 174 cm³/mol. The van der Waals surface area contributed by atoms with Gasteiger partial charge in [0.25, 0.3) is 5.91 Å². The number of imidazole rings is 1. The van der Waals surface area contributed by atoms with Crippen molar-refractivity contribution >= 4 is 33.7 Å². The van der Waals surface area contributed by atoms with Crippen LogP contribution in [0.15, 0.2) is 103 Å². The molecule has 6 rings (SSSR count). The topological polar surface area (TPSA) is 115 Å². The molecule has 0 radical (unpaired) electrons. The van der Waals surface area contributed by atoms with Crippen LogP contribution in [0.25, 0.3) is 44.3 Å². The van der Waals surface area contributed by atoms with Gasteiger partial charge in [-0.2, -0.15) is 0 Å². The minimum absolute atomic E-state index is 0.0802. The third-order valence-electron chi connectivity index (χ3n) is 7.91. The molecule has 4 N–H and O–H groups in total. The van der Waals surface area contributed by atoms with Crippen LogP contribution in [0.1, 0.15) is 42.3 Å². The molecule has 1 heterocycles. The van der Waals surface area contributed by atoms with Crippen LogP contribution in [0.4, 0.5) is 0 Å². The lowest BCUT2D eigenvalue weighted by atomic mass is 9.86. The van der Waals surface area contributed by atoms with Crippen LogP contribution in [-0.4, -0.2) is 38.1 Å². The molecule has 220 valence electrons. The number of H-pyrrole nitrogens is 1. The lowest BCUT2D eigenvalue weighted by molar-refractivity contribution is -0.139. The number of carbonyl (C=O) groups is 2. The van der Waals surface area contributed by atoms with E-state index < -0.39 is 17.9 Å². The zero-order valence-electron chi connectivity index (χ0n) is 24.8. The Morgan fingerprint density at radius 3 is 2.27 bits per heavy atom. The number of phenols is 1. The van der Waals surface area contributed by atoms with Gasteiger partial charge in [-0.05, 0) is 57.3 Å². The van der Waals surface area contributed by atoms with Crippen molar-refractivity contribution in [2.75, 3.05) is 0 Å². The molecule has 0 spiro atoms. The molecular formula is C37H33N3O4. The van der Waals surface area contributed by atoms with Gasteiger partial charge in [0, 0.05) is 17.5 Å². The summed E-state index contributed by atoms with van der Waals surface area (Å²) < 4.78 is 0. The standard InChI is InChI=1S/C37H33N3O4/c1-37(2,3)28-15-12-23(13-16-28)24-10-7-11-26(19-24)34-38-29-17-14-25-20-27(21-31(41)32(25)33(29)40-34)35(42)39-30(36(43)44)18-22-8-5-4-6-9-22/h4-17,19-21,30,41H,18H2,1-3H3,(H,38,40)(H,39,42)(H,43,44)/t30-/m0/s1. The highest BCUT2D eigenvalue weighted by Crippen LogP contribution is 2.35. The summed E-state index contributed by atoms with van der Waals surface area (Å²) in [5.74, 6) is -1.17. The molecule has 0 aliphatic heterocycles. The molecule has 0 aliphatic carbocycles. The second kappa shape index (κ2) is 11.3. The van der Waals surface area contributed by atoms with Gasteiger partial charge in [0.15, 0.2) is 0 Å². The van der Waals surface area contributed by atoms with Crippen molar-refractivity contribution in [3.05, 3.63) is 120 Å². The van der Waals surface area contributed by atoms with Gasteiger partial charge < -0.3 is 20.5 Å². The van der Waals surface area contributed by atoms with Crippen LogP contribution in [0.5, 0.6) is 5.75 Å². The van der Waals surface area contributed by atoms with Crippen molar-refractivity contribution in [3.63, 3.8) is 0 Å². The van der Waals surface area contributed by atoms with E-state index in [4.69, 9.17) is 4.98 Å². The summed E-state index contributed by atoms with van der Waals surface area (Å²) in [4.78, 5) is 33.2. The first-order chi connectivity index (χ1) is 21.1. The number of carbonyl (C=O) groups excluding carboxylic acids is 1. The number of aromatic amines is 1. The Morgan fingerprint density at radius 1 is 0.841 bits per heavy atom. The van der Waals surface area contributed by atoms with Gasteiger partial charge in [0.1, 0.15) is 23.1 Å². The van der Waals surface area contributed by atoms with Crippen LogP contribution in [0.3, 0.4) is 0 Å². The van der Waals surface area contributed by atoms with Crippen molar-refractivity contribution in [3.8, 4) is 28.3 Å². The number of hydrogen-bond donors (Lipinski definition) is 4. The Labute approximate surface area is 255 Å². The molecule has 0 unspecified atom stereocenters. The average molecular weight is 584 g/mol. The number of carboxylic acid groups (broad SMARTS) is 1. The van der Waals surface area contributed by atoms with Crippen LogP contribution < -0.4 is 5.32 Å². The van der Waals surface area contributed by atoms with Gasteiger partial charge >= 0.3 is 5.97 Å². The molecular weight excluding hydrogens is 550 g/mol. The summed E-state index contributed by atoms with van der Waals surface area (Å²) in [5, 5.41) is 24.5. The van der Waals surface area contributed by atoms with Crippen LogP contribution >= 0.6 is 0 Å². The maximum atomic E-state index is 13.1. The Balaban J connectivity index is 1.29. The number of aromatic nitrogens is 2. The number of phenolic OH excluding ortho intramolecular Hbond substituents is 1. The third kappa shape index (κ3) is 5.77. The molecule has 0 aliphatic rings. The molecule has 6 aromatic rings. The van der Waals surface area contributed by atoms with Crippen molar-refractivity contribution in [1.82, 2.24) is 15.3 Å². The SMILES string of the molecule is CC(C)(C)c1ccc(-c2cccc(-c3nc4c(ccc5cc(C(=O)N[C@@H](Cc6ccccc6)C(=O)O)cc(O)c54)[nH]3)c2)cc1. The lowest BCUT2D eigenvalue weighted by Gasteiger charge is -2.19. The van der Waals surface area contributed by atoms with Gasteiger partial charge in [0.2, 0.25) is 0 Å². The summed E-state index contributed by atoms with van der Waals surface area (Å²) >= 11 is 0. The number of rotatable bonds is 7. The number of nitrogens with zero attached hydrogens (tertiary/aromatic N) is 1. The summed E-state index contributed by atoms with van der Waals surface area (Å²) in [6.45, 7) is 6.59. The van der Waals surface area contributed by atoms with Crippen LogP contribution in [0, 0.1) is 0 Å². The van der Waals surface area contributed by atoms with E-state index in [1.54, 1.807) is 6.07 Å². The minimum Gasteiger partial charge on any atom is -0.507 e. The fraction of sp³-hybridized carbons (Fsp3) is 0.162. The molecule has 7 nitrogen and oxygen atoms in total. The second-order valence-electron chi connectivity index (χ2n) is 12.1. The van der Waals surface area contributed by atoms with Gasteiger partial charge in [-0.15, -0.1) is 0 Å². The lowest BCUT2D eigenvalue weighted by Crippen LogP contribution is -2.42. The number of benzene rings is 5. The van der Waals surface area contributed by atoms with E-state index in [0.717, 1.165) is 27.8 Å². The maximum absolute atomic E-state index is 13.1. The predicted octanol–water partition coefficient (Wildman–Crippen LogP) is 7.48. The third-order valence-corrected chi connectivity index (χ3v) is 7.91. The Hall–Kier alpha value is -5.43. The first-order valence-corrected chi connectivity index (χ1v) is 14.5. The molecule has 1 amide bonds. The number of amides is 1. The molecule has 1 atom stereocenters. The molecule has 0 saturated carbocycles. The number of hydrogen-bond acceptors (Lipinski definition) is 4. The van der Waals surface area contributed by atoms with Gasteiger partial charge in [-0.1, -0.05) is 99.6 Å². The molecule has 5 aromatic carbocycles. The first kappa shape index (κ1) is 28.7. The zero-order chi connectivity index (χ0) is 31.0.